The normalized spacial score (nSPS) is 19.1. The summed E-state index contributed by atoms with van der Waals surface area (Å²) in [6.07, 6.45) is 6.08. The first-order valence-electron chi connectivity index (χ1n) is 8.27. The summed E-state index contributed by atoms with van der Waals surface area (Å²) in [6.45, 7) is 5.50. The smallest absolute Gasteiger partial charge is 0.211 e. The fourth-order valence-corrected chi connectivity index (χ4v) is 3.72. The molecule has 0 amide bonds. The third-order valence-corrected chi connectivity index (χ3v) is 5.78. The van der Waals surface area contributed by atoms with Gasteiger partial charge in [0, 0.05) is 44.5 Å². The fraction of sp³-hybridized carbons (Fsp3) is 0.562. The summed E-state index contributed by atoms with van der Waals surface area (Å²) in [5.41, 5.74) is 2.34. The Balaban J connectivity index is 1.65. The molecule has 2 aromatic rings. The number of hydrogen-bond acceptors (Lipinski definition) is 5. The zero-order valence-corrected chi connectivity index (χ0v) is 14.7. The van der Waals surface area contributed by atoms with Crippen LogP contribution in [-0.4, -0.2) is 41.9 Å². The van der Waals surface area contributed by atoms with Crippen LogP contribution >= 0.6 is 0 Å². The van der Waals surface area contributed by atoms with Crippen molar-refractivity contribution in [1.29, 1.82) is 0 Å². The molecule has 8 heteroatoms. The lowest BCUT2D eigenvalue weighted by Crippen LogP contribution is -2.32. The standard InChI is InChI=1S/C16H24N4O3S/c1-2-24(21,22)18-7-3-14-9-19(10-15-5-8-23-13-15)12-16-4-6-17-20(16)11-14/h4-6,8,13-14,18H,2-3,7,9-12H2,1H3. The molecule has 0 spiro atoms. The van der Waals surface area contributed by atoms with Crippen molar-refractivity contribution in [2.75, 3.05) is 18.8 Å². The van der Waals surface area contributed by atoms with Gasteiger partial charge in [-0.05, 0) is 31.4 Å². The van der Waals surface area contributed by atoms with E-state index in [-0.39, 0.29) is 5.75 Å². The van der Waals surface area contributed by atoms with Gasteiger partial charge in [-0.15, -0.1) is 0 Å². The molecule has 0 aromatic carbocycles. The summed E-state index contributed by atoms with van der Waals surface area (Å²) in [5.74, 6) is 0.464. The van der Waals surface area contributed by atoms with Crippen molar-refractivity contribution in [3.63, 3.8) is 0 Å². The maximum Gasteiger partial charge on any atom is 0.211 e. The number of furan rings is 1. The van der Waals surface area contributed by atoms with Crippen molar-refractivity contribution < 1.29 is 12.8 Å². The van der Waals surface area contributed by atoms with Crippen LogP contribution in [0.5, 0.6) is 0 Å². The highest BCUT2D eigenvalue weighted by molar-refractivity contribution is 7.89. The van der Waals surface area contributed by atoms with Crippen LogP contribution in [0, 0.1) is 5.92 Å². The molecule has 0 saturated heterocycles. The molecule has 0 aliphatic carbocycles. The van der Waals surface area contributed by atoms with Crippen molar-refractivity contribution in [1.82, 2.24) is 19.4 Å². The Kier molecular flexibility index (Phi) is 5.37. The van der Waals surface area contributed by atoms with Gasteiger partial charge in [0.25, 0.3) is 0 Å². The molecule has 1 aliphatic heterocycles. The van der Waals surface area contributed by atoms with Gasteiger partial charge >= 0.3 is 0 Å². The number of nitrogens with one attached hydrogen (secondary N) is 1. The van der Waals surface area contributed by atoms with Gasteiger partial charge < -0.3 is 4.42 Å². The second-order valence-corrected chi connectivity index (χ2v) is 8.35. The molecule has 2 aromatic heterocycles. The minimum absolute atomic E-state index is 0.119. The molecular formula is C16H24N4O3S. The van der Waals surface area contributed by atoms with E-state index in [2.05, 4.69) is 14.7 Å². The van der Waals surface area contributed by atoms with E-state index in [1.54, 1.807) is 19.5 Å². The third-order valence-electron chi connectivity index (χ3n) is 4.38. The molecule has 1 atom stereocenters. The predicted octanol–water partition coefficient (Wildman–Crippen LogP) is 1.44. The minimum Gasteiger partial charge on any atom is -0.472 e. The van der Waals surface area contributed by atoms with Crippen molar-refractivity contribution in [3.8, 4) is 0 Å². The Morgan fingerprint density at radius 1 is 1.38 bits per heavy atom. The predicted molar refractivity (Wildman–Crippen MR) is 90.6 cm³/mol. The van der Waals surface area contributed by atoms with Gasteiger partial charge in [0.1, 0.15) is 0 Å². The van der Waals surface area contributed by atoms with Crippen molar-refractivity contribution in [2.24, 2.45) is 5.92 Å². The lowest BCUT2D eigenvalue weighted by molar-refractivity contribution is 0.215. The Bertz CT molecular complexity index is 739. The SMILES string of the molecule is CCS(=O)(=O)NCCC1CN(Cc2ccoc2)Cc2ccnn2C1. The van der Waals surface area contributed by atoms with Gasteiger partial charge in [-0.2, -0.15) is 5.10 Å². The van der Waals surface area contributed by atoms with Crippen LogP contribution in [0.1, 0.15) is 24.6 Å². The van der Waals surface area contributed by atoms with Gasteiger partial charge in [0.15, 0.2) is 0 Å². The van der Waals surface area contributed by atoms with Gasteiger partial charge in [0.05, 0.1) is 24.0 Å². The lowest BCUT2D eigenvalue weighted by atomic mass is 10.1. The van der Waals surface area contributed by atoms with Crippen LogP contribution in [0.4, 0.5) is 0 Å². The van der Waals surface area contributed by atoms with E-state index in [0.29, 0.717) is 12.5 Å². The van der Waals surface area contributed by atoms with Crippen LogP contribution in [0.3, 0.4) is 0 Å². The van der Waals surface area contributed by atoms with Crippen LogP contribution in [0.15, 0.2) is 35.3 Å². The molecule has 1 unspecified atom stereocenters. The first-order chi connectivity index (χ1) is 11.6. The van der Waals surface area contributed by atoms with Crippen LogP contribution < -0.4 is 4.72 Å². The zero-order chi connectivity index (χ0) is 17.0. The molecule has 0 fully saturated rings. The van der Waals surface area contributed by atoms with Gasteiger partial charge in [-0.3, -0.25) is 9.58 Å². The van der Waals surface area contributed by atoms with E-state index in [1.165, 1.54) is 5.69 Å². The molecule has 0 radical (unpaired) electrons. The summed E-state index contributed by atoms with van der Waals surface area (Å²) >= 11 is 0. The maximum absolute atomic E-state index is 11.6. The summed E-state index contributed by atoms with van der Waals surface area (Å²) in [6, 6.07) is 4.02. The fourth-order valence-electron chi connectivity index (χ4n) is 3.08. The van der Waals surface area contributed by atoms with Gasteiger partial charge in [0.2, 0.25) is 10.0 Å². The molecule has 7 nitrogen and oxygen atoms in total. The number of sulfonamides is 1. The largest absolute Gasteiger partial charge is 0.472 e. The molecule has 0 bridgehead atoms. The second-order valence-electron chi connectivity index (χ2n) is 6.26. The Hall–Kier alpha value is -1.64. The van der Waals surface area contributed by atoms with Crippen LogP contribution in [-0.2, 0) is 29.7 Å². The van der Waals surface area contributed by atoms with Crippen molar-refractivity contribution in [3.05, 3.63) is 42.1 Å². The molecule has 132 valence electrons. The second kappa shape index (κ2) is 7.50. The van der Waals surface area contributed by atoms with E-state index in [1.807, 2.05) is 23.0 Å². The molecule has 1 aliphatic rings. The average Bonchev–Trinajstić information content (AvgIpc) is 3.17. The summed E-state index contributed by atoms with van der Waals surface area (Å²) in [4.78, 5) is 2.37. The molecular weight excluding hydrogens is 328 g/mol. The van der Waals surface area contributed by atoms with Crippen LogP contribution in [0.2, 0.25) is 0 Å². The van der Waals surface area contributed by atoms with E-state index < -0.39 is 10.0 Å². The van der Waals surface area contributed by atoms with Crippen molar-refractivity contribution in [2.45, 2.75) is 33.0 Å². The van der Waals surface area contributed by atoms with Gasteiger partial charge in [-0.1, -0.05) is 0 Å². The molecule has 1 N–H and O–H groups in total. The van der Waals surface area contributed by atoms with E-state index >= 15 is 0 Å². The Morgan fingerprint density at radius 2 is 2.25 bits per heavy atom. The van der Waals surface area contributed by atoms with E-state index in [0.717, 1.165) is 38.2 Å². The number of aromatic nitrogens is 2. The van der Waals surface area contributed by atoms with E-state index in [9.17, 15) is 8.42 Å². The topological polar surface area (TPSA) is 80.4 Å². The first kappa shape index (κ1) is 17.2. The summed E-state index contributed by atoms with van der Waals surface area (Å²) < 4.78 is 33.0. The third kappa shape index (κ3) is 4.46. The van der Waals surface area contributed by atoms with Gasteiger partial charge in [-0.25, -0.2) is 13.1 Å². The molecule has 3 heterocycles. The van der Waals surface area contributed by atoms with Crippen LogP contribution in [0.25, 0.3) is 0 Å². The maximum atomic E-state index is 11.6. The van der Waals surface area contributed by atoms with E-state index in [4.69, 9.17) is 4.42 Å². The highest BCUT2D eigenvalue weighted by Gasteiger charge is 2.23. The first-order valence-corrected chi connectivity index (χ1v) is 9.92. The molecule has 24 heavy (non-hydrogen) atoms. The number of hydrogen-bond donors (Lipinski definition) is 1. The summed E-state index contributed by atoms with van der Waals surface area (Å²) in [5, 5.41) is 4.40. The van der Waals surface area contributed by atoms with Crippen molar-refractivity contribution >= 4 is 10.0 Å². The average molecular weight is 352 g/mol. The molecule has 0 saturated carbocycles. The minimum atomic E-state index is -3.13. The molecule has 3 rings (SSSR count). The summed E-state index contributed by atoms with van der Waals surface area (Å²) in [7, 11) is -3.13. The highest BCUT2D eigenvalue weighted by atomic mass is 32.2. The highest BCUT2D eigenvalue weighted by Crippen LogP contribution is 2.20. The number of fused-ring (bicyclic) bond motifs is 1. The lowest BCUT2D eigenvalue weighted by Gasteiger charge is -2.23. The zero-order valence-electron chi connectivity index (χ0n) is 13.9. The monoisotopic (exact) mass is 352 g/mol. The Morgan fingerprint density at radius 3 is 3.00 bits per heavy atom. The Labute approximate surface area is 142 Å². The number of nitrogens with zero attached hydrogens (tertiary/aromatic N) is 3. The number of rotatable bonds is 7. The quantitative estimate of drug-likeness (QED) is 0.815.